The molecule has 2 aliphatic rings. The van der Waals surface area contributed by atoms with Crippen molar-refractivity contribution in [2.45, 2.75) is 38.8 Å². The number of nitrogens with zero attached hydrogens (tertiary/aromatic N) is 1. The smallest absolute Gasteiger partial charge is 0.234 e. The summed E-state index contributed by atoms with van der Waals surface area (Å²) in [4.78, 5) is 15.1. The zero-order valence-electron chi connectivity index (χ0n) is 17.6. The summed E-state index contributed by atoms with van der Waals surface area (Å²) in [6, 6.07) is 12.5. The average Bonchev–Trinajstić information content (AvgIpc) is 3.20. The lowest BCUT2D eigenvalue weighted by atomic mass is 9.96. The van der Waals surface area contributed by atoms with Crippen molar-refractivity contribution < 1.29 is 18.7 Å². The molecule has 0 saturated carbocycles. The first-order chi connectivity index (χ1) is 14.5. The van der Waals surface area contributed by atoms with Crippen molar-refractivity contribution in [3.8, 4) is 11.5 Å². The van der Waals surface area contributed by atoms with E-state index in [1.54, 1.807) is 12.1 Å². The monoisotopic (exact) mass is 412 g/mol. The Hall–Kier alpha value is -2.60. The van der Waals surface area contributed by atoms with E-state index in [9.17, 15) is 9.18 Å². The molecule has 4 rings (SSSR count). The first-order valence-electron chi connectivity index (χ1n) is 10.7. The number of carbonyl (C=O) groups excluding carboxylic acids is 1. The van der Waals surface area contributed by atoms with Gasteiger partial charge in [0.15, 0.2) is 11.5 Å². The number of nitrogens with one attached hydrogen (secondary N) is 1. The van der Waals surface area contributed by atoms with E-state index in [-0.39, 0.29) is 29.7 Å². The lowest BCUT2D eigenvalue weighted by Crippen LogP contribution is -2.40. The highest BCUT2D eigenvalue weighted by Crippen LogP contribution is 2.38. The molecule has 0 bridgehead atoms. The predicted octanol–water partition coefficient (Wildman–Crippen LogP) is 4.25. The molecule has 30 heavy (non-hydrogen) atoms. The van der Waals surface area contributed by atoms with E-state index in [4.69, 9.17) is 9.47 Å². The Bertz CT molecular complexity index is 885. The summed E-state index contributed by atoms with van der Waals surface area (Å²) in [5.74, 6) is 1.48. The molecular formula is C24H29FN2O3. The Balaban J connectivity index is 1.43. The van der Waals surface area contributed by atoms with Gasteiger partial charge >= 0.3 is 0 Å². The van der Waals surface area contributed by atoms with E-state index in [0.29, 0.717) is 19.8 Å². The molecule has 1 fully saturated rings. The van der Waals surface area contributed by atoms with Crippen LogP contribution in [0.4, 0.5) is 4.39 Å². The van der Waals surface area contributed by atoms with Crippen molar-refractivity contribution in [1.29, 1.82) is 0 Å². The van der Waals surface area contributed by atoms with Gasteiger partial charge in [0, 0.05) is 6.04 Å². The van der Waals surface area contributed by atoms with Gasteiger partial charge in [0.2, 0.25) is 5.91 Å². The first-order valence-corrected chi connectivity index (χ1v) is 10.7. The van der Waals surface area contributed by atoms with Crippen LogP contribution in [0, 0.1) is 11.7 Å². The van der Waals surface area contributed by atoms with Crippen LogP contribution in [-0.4, -0.2) is 37.1 Å². The second-order valence-electron chi connectivity index (χ2n) is 8.37. The van der Waals surface area contributed by atoms with Gasteiger partial charge < -0.3 is 14.8 Å². The van der Waals surface area contributed by atoms with Crippen molar-refractivity contribution in [3.05, 3.63) is 59.4 Å². The van der Waals surface area contributed by atoms with Crippen molar-refractivity contribution in [3.63, 3.8) is 0 Å². The third kappa shape index (κ3) is 4.59. The van der Waals surface area contributed by atoms with Gasteiger partial charge in [-0.3, -0.25) is 9.69 Å². The number of hydrogen-bond donors (Lipinski definition) is 1. The highest BCUT2D eigenvalue weighted by atomic mass is 19.1. The molecule has 0 radical (unpaired) electrons. The quantitative estimate of drug-likeness (QED) is 0.771. The first kappa shape index (κ1) is 20.7. The number of likely N-dealkylation sites (tertiary alicyclic amines) is 1. The SMILES string of the molecule is CC(C)[C@H](NC(=O)CN1CCC[C@@H]1c1ccc2c(c1)OCCO2)c1ccc(F)cc1. The van der Waals surface area contributed by atoms with E-state index in [0.717, 1.165) is 42.0 Å². The van der Waals surface area contributed by atoms with Crippen LogP contribution in [0.1, 0.15) is 49.9 Å². The summed E-state index contributed by atoms with van der Waals surface area (Å²) >= 11 is 0. The van der Waals surface area contributed by atoms with E-state index in [2.05, 4.69) is 30.1 Å². The lowest BCUT2D eigenvalue weighted by molar-refractivity contribution is -0.123. The molecular weight excluding hydrogens is 383 g/mol. The summed E-state index contributed by atoms with van der Waals surface area (Å²) in [6.07, 6.45) is 2.07. The Morgan fingerprint density at radius 2 is 1.87 bits per heavy atom. The zero-order chi connectivity index (χ0) is 21.1. The van der Waals surface area contributed by atoms with E-state index in [1.807, 2.05) is 12.1 Å². The summed E-state index contributed by atoms with van der Waals surface area (Å²) < 4.78 is 24.6. The Labute approximate surface area is 177 Å². The van der Waals surface area contributed by atoms with Gasteiger partial charge in [0.25, 0.3) is 0 Å². The van der Waals surface area contributed by atoms with Crippen LogP contribution in [-0.2, 0) is 4.79 Å². The van der Waals surface area contributed by atoms with Crippen molar-refractivity contribution in [2.24, 2.45) is 5.92 Å². The minimum absolute atomic E-state index is 0.0116. The van der Waals surface area contributed by atoms with E-state index < -0.39 is 0 Å². The molecule has 2 atom stereocenters. The third-order valence-electron chi connectivity index (χ3n) is 5.87. The van der Waals surface area contributed by atoms with Gasteiger partial charge in [-0.1, -0.05) is 32.0 Å². The van der Waals surface area contributed by atoms with Gasteiger partial charge in [0.1, 0.15) is 19.0 Å². The number of ether oxygens (including phenoxy) is 2. The molecule has 5 nitrogen and oxygen atoms in total. The van der Waals surface area contributed by atoms with Crippen LogP contribution in [0.2, 0.25) is 0 Å². The molecule has 6 heteroatoms. The van der Waals surface area contributed by atoms with E-state index in [1.165, 1.54) is 12.1 Å². The molecule has 2 aromatic rings. The zero-order valence-corrected chi connectivity index (χ0v) is 17.6. The van der Waals surface area contributed by atoms with Gasteiger partial charge in [-0.05, 0) is 60.7 Å². The molecule has 0 aromatic heterocycles. The van der Waals surface area contributed by atoms with Crippen LogP contribution in [0.15, 0.2) is 42.5 Å². The molecule has 160 valence electrons. The molecule has 1 amide bonds. The summed E-state index contributed by atoms with van der Waals surface area (Å²) in [7, 11) is 0. The molecule has 2 aliphatic heterocycles. The Morgan fingerprint density at radius 3 is 2.60 bits per heavy atom. The fourth-order valence-electron chi connectivity index (χ4n) is 4.37. The Kier molecular flexibility index (Phi) is 6.23. The van der Waals surface area contributed by atoms with Crippen LogP contribution in [0.5, 0.6) is 11.5 Å². The topological polar surface area (TPSA) is 50.8 Å². The fourth-order valence-corrected chi connectivity index (χ4v) is 4.37. The number of rotatable bonds is 6. The van der Waals surface area contributed by atoms with Crippen molar-refractivity contribution >= 4 is 5.91 Å². The van der Waals surface area contributed by atoms with Crippen LogP contribution in [0.3, 0.4) is 0 Å². The maximum atomic E-state index is 13.3. The molecule has 2 heterocycles. The standard InChI is InChI=1S/C24H29FN2O3/c1-16(2)24(17-5-8-19(25)9-6-17)26-23(28)15-27-11-3-4-20(27)18-7-10-21-22(14-18)30-13-12-29-21/h5-10,14,16,20,24H,3-4,11-13,15H2,1-2H3,(H,26,28)/t20-,24+/m1/s1. The maximum Gasteiger partial charge on any atom is 0.234 e. The summed E-state index contributed by atoms with van der Waals surface area (Å²) in [5.41, 5.74) is 2.08. The van der Waals surface area contributed by atoms with Gasteiger partial charge in [0.05, 0.1) is 12.6 Å². The number of hydrogen-bond acceptors (Lipinski definition) is 4. The number of benzene rings is 2. The van der Waals surface area contributed by atoms with Crippen LogP contribution in [0.25, 0.3) is 0 Å². The van der Waals surface area contributed by atoms with Crippen LogP contribution < -0.4 is 14.8 Å². The molecule has 0 aliphatic carbocycles. The largest absolute Gasteiger partial charge is 0.486 e. The van der Waals surface area contributed by atoms with Gasteiger partial charge in [-0.2, -0.15) is 0 Å². The highest BCUT2D eigenvalue weighted by Gasteiger charge is 2.29. The highest BCUT2D eigenvalue weighted by molar-refractivity contribution is 5.78. The van der Waals surface area contributed by atoms with E-state index >= 15 is 0 Å². The molecule has 1 N–H and O–H groups in total. The summed E-state index contributed by atoms with van der Waals surface area (Å²) in [6.45, 7) is 6.48. The second kappa shape index (κ2) is 9.04. The van der Waals surface area contributed by atoms with Gasteiger partial charge in [-0.25, -0.2) is 4.39 Å². The van der Waals surface area contributed by atoms with Crippen molar-refractivity contribution in [2.75, 3.05) is 26.3 Å². The fraction of sp³-hybridized carbons (Fsp3) is 0.458. The minimum atomic E-state index is -0.271. The number of amides is 1. The predicted molar refractivity (Wildman–Crippen MR) is 113 cm³/mol. The Morgan fingerprint density at radius 1 is 1.13 bits per heavy atom. The molecule has 0 spiro atoms. The van der Waals surface area contributed by atoms with Gasteiger partial charge in [-0.15, -0.1) is 0 Å². The number of carbonyl (C=O) groups is 1. The average molecular weight is 413 g/mol. The third-order valence-corrected chi connectivity index (χ3v) is 5.87. The minimum Gasteiger partial charge on any atom is -0.486 e. The number of halogens is 1. The number of fused-ring (bicyclic) bond motifs is 1. The second-order valence-corrected chi connectivity index (χ2v) is 8.37. The molecule has 2 aromatic carbocycles. The summed E-state index contributed by atoms with van der Waals surface area (Å²) in [5, 5.41) is 3.15. The normalized spacial score (nSPS) is 19.7. The van der Waals surface area contributed by atoms with Crippen LogP contribution >= 0.6 is 0 Å². The molecule has 0 unspecified atom stereocenters. The molecule has 1 saturated heterocycles. The maximum absolute atomic E-state index is 13.3. The lowest BCUT2D eigenvalue weighted by Gasteiger charge is -2.28. The van der Waals surface area contributed by atoms with Crippen molar-refractivity contribution in [1.82, 2.24) is 10.2 Å².